The molecule has 0 aliphatic rings. The molecule has 2 amide bonds. The monoisotopic (exact) mass is 409 g/mol. The number of hydrogen-bond donors (Lipinski definition) is 2. The van der Waals surface area contributed by atoms with E-state index in [4.69, 9.17) is 4.74 Å². The minimum atomic E-state index is -0.304. The summed E-state index contributed by atoms with van der Waals surface area (Å²) in [6.45, 7) is 5.80. The fraction of sp³-hybridized carbons (Fsp3) is 0.217. The summed E-state index contributed by atoms with van der Waals surface area (Å²) in [5.41, 5.74) is 3.67. The van der Waals surface area contributed by atoms with Gasteiger partial charge in [-0.1, -0.05) is 6.07 Å². The molecule has 3 aromatic rings. The molecule has 1 heterocycles. The molecule has 0 saturated heterocycles. The van der Waals surface area contributed by atoms with Crippen LogP contribution in [0.1, 0.15) is 28.7 Å². The van der Waals surface area contributed by atoms with Crippen molar-refractivity contribution in [2.75, 3.05) is 18.5 Å². The molecule has 2 N–H and O–H groups in total. The van der Waals surface area contributed by atoms with Gasteiger partial charge in [0.25, 0.3) is 5.91 Å². The van der Waals surface area contributed by atoms with Gasteiger partial charge >= 0.3 is 0 Å². The predicted octanol–water partition coefficient (Wildman–Crippen LogP) is 4.00. The second-order valence-electron chi connectivity index (χ2n) is 6.91. The molecule has 1 aromatic heterocycles. The molecule has 0 aliphatic carbocycles. The third-order valence-electron chi connectivity index (χ3n) is 4.57. The van der Waals surface area contributed by atoms with Crippen molar-refractivity contribution in [3.63, 3.8) is 0 Å². The van der Waals surface area contributed by atoms with Crippen LogP contribution in [-0.4, -0.2) is 29.5 Å². The molecule has 156 valence electrons. The zero-order chi connectivity index (χ0) is 21.7. The van der Waals surface area contributed by atoms with Gasteiger partial charge in [-0.15, -0.1) is 0 Å². The Balaban J connectivity index is 1.59. The van der Waals surface area contributed by atoms with Crippen molar-refractivity contribution < 1.29 is 18.7 Å². The molecule has 0 bridgehead atoms. The molecular formula is C23H24FN3O3. The number of nitrogens with one attached hydrogen (secondary N) is 2. The number of ether oxygens (including phenoxy) is 1. The minimum Gasteiger partial charge on any atom is -0.492 e. The Morgan fingerprint density at radius 2 is 1.80 bits per heavy atom. The van der Waals surface area contributed by atoms with Gasteiger partial charge in [-0.05, 0) is 56.3 Å². The minimum absolute atomic E-state index is 0.155. The highest BCUT2D eigenvalue weighted by molar-refractivity contribution is 5.96. The van der Waals surface area contributed by atoms with Gasteiger partial charge in [0.1, 0.15) is 18.2 Å². The van der Waals surface area contributed by atoms with E-state index in [0.717, 1.165) is 17.1 Å². The van der Waals surface area contributed by atoms with Crippen molar-refractivity contribution >= 4 is 17.5 Å². The first kappa shape index (κ1) is 21.1. The summed E-state index contributed by atoms with van der Waals surface area (Å²) in [4.78, 5) is 23.8. The average molecular weight is 409 g/mol. The third kappa shape index (κ3) is 5.05. The maximum Gasteiger partial charge on any atom is 0.253 e. The lowest BCUT2D eigenvalue weighted by atomic mass is 10.2. The normalized spacial score (nSPS) is 10.5. The number of carbonyl (C=O) groups is 2. The van der Waals surface area contributed by atoms with Crippen LogP contribution in [0.3, 0.4) is 0 Å². The van der Waals surface area contributed by atoms with Crippen molar-refractivity contribution in [2.24, 2.45) is 0 Å². The smallest absolute Gasteiger partial charge is 0.253 e. The van der Waals surface area contributed by atoms with Gasteiger partial charge in [0.2, 0.25) is 5.91 Å². The molecule has 7 heteroatoms. The summed E-state index contributed by atoms with van der Waals surface area (Å²) in [6.07, 6.45) is 0. The summed E-state index contributed by atoms with van der Waals surface area (Å²) in [6, 6.07) is 15.0. The van der Waals surface area contributed by atoms with Crippen LogP contribution in [0.4, 0.5) is 10.1 Å². The molecule has 3 rings (SSSR count). The van der Waals surface area contributed by atoms with Gasteiger partial charge in [0.05, 0.1) is 12.1 Å². The molecule has 30 heavy (non-hydrogen) atoms. The van der Waals surface area contributed by atoms with E-state index in [-0.39, 0.29) is 24.2 Å². The van der Waals surface area contributed by atoms with E-state index in [1.54, 1.807) is 36.4 Å². The molecule has 0 aliphatic heterocycles. The fourth-order valence-electron chi connectivity index (χ4n) is 3.28. The lowest BCUT2D eigenvalue weighted by Gasteiger charge is -2.11. The SMILES string of the molecule is CC(=O)Nc1cccc(OCCNC(=O)c2cc(C)n(-c3ccc(F)cc3)c2C)c1. The molecule has 6 nitrogen and oxygen atoms in total. The van der Waals surface area contributed by atoms with Gasteiger partial charge in [-0.2, -0.15) is 0 Å². The van der Waals surface area contributed by atoms with E-state index >= 15 is 0 Å². The van der Waals surface area contributed by atoms with Gasteiger partial charge in [0, 0.05) is 35.8 Å². The molecule has 0 spiro atoms. The first-order valence-electron chi connectivity index (χ1n) is 9.58. The molecular weight excluding hydrogens is 385 g/mol. The largest absolute Gasteiger partial charge is 0.492 e. The van der Waals surface area contributed by atoms with Gasteiger partial charge in [-0.25, -0.2) is 4.39 Å². The number of benzene rings is 2. The first-order valence-corrected chi connectivity index (χ1v) is 9.58. The summed E-state index contributed by atoms with van der Waals surface area (Å²) in [5, 5.41) is 5.54. The Bertz CT molecular complexity index is 1060. The Morgan fingerprint density at radius 1 is 1.07 bits per heavy atom. The Hall–Kier alpha value is -3.61. The van der Waals surface area contributed by atoms with E-state index in [2.05, 4.69) is 10.6 Å². The van der Waals surface area contributed by atoms with Crippen LogP contribution in [0.15, 0.2) is 54.6 Å². The van der Waals surface area contributed by atoms with Crippen molar-refractivity contribution in [2.45, 2.75) is 20.8 Å². The third-order valence-corrected chi connectivity index (χ3v) is 4.57. The predicted molar refractivity (Wildman–Crippen MR) is 114 cm³/mol. The number of aryl methyl sites for hydroxylation is 1. The van der Waals surface area contributed by atoms with Crippen molar-refractivity contribution in [1.29, 1.82) is 0 Å². The number of carbonyl (C=O) groups excluding carboxylic acids is 2. The number of aromatic nitrogens is 1. The van der Waals surface area contributed by atoms with E-state index in [0.29, 0.717) is 23.5 Å². The highest BCUT2D eigenvalue weighted by Gasteiger charge is 2.16. The summed E-state index contributed by atoms with van der Waals surface area (Å²) < 4.78 is 20.8. The van der Waals surface area contributed by atoms with Crippen LogP contribution in [0.5, 0.6) is 5.75 Å². The number of anilines is 1. The van der Waals surface area contributed by atoms with Crippen LogP contribution >= 0.6 is 0 Å². The molecule has 0 atom stereocenters. The Labute approximate surface area is 174 Å². The van der Waals surface area contributed by atoms with Crippen LogP contribution in [-0.2, 0) is 4.79 Å². The van der Waals surface area contributed by atoms with Gasteiger partial charge < -0.3 is 19.9 Å². The molecule has 2 aromatic carbocycles. The number of amides is 2. The maximum atomic E-state index is 13.2. The number of halogens is 1. The lowest BCUT2D eigenvalue weighted by molar-refractivity contribution is -0.114. The highest BCUT2D eigenvalue weighted by Crippen LogP contribution is 2.21. The summed E-state index contributed by atoms with van der Waals surface area (Å²) in [5.74, 6) is -0.0588. The molecule has 0 radical (unpaired) electrons. The van der Waals surface area contributed by atoms with E-state index in [9.17, 15) is 14.0 Å². The first-order chi connectivity index (χ1) is 14.3. The second-order valence-corrected chi connectivity index (χ2v) is 6.91. The maximum absolute atomic E-state index is 13.2. The topological polar surface area (TPSA) is 72.4 Å². The van der Waals surface area contributed by atoms with E-state index < -0.39 is 0 Å². The average Bonchev–Trinajstić information content (AvgIpc) is 3.00. The second kappa shape index (κ2) is 9.26. The van der Waals surface area contributed by atoms with Crippen molar-refractivity contribution in [3.8, 4) is 11.4 Å². The zero-order valence-corrected chi connectivity index (χ0v) is 17.2. The van der Waals surface area contributed by atoms with Gasteiger partial charge in [-0.3, -0.25) is 9.59 Å². The van der Waals surface area contributed by atoms with Crippen LogP contribution in [0.2, 0.25) is 0 Å². The van der Waals surface area contributed by atoms with Crippen molar-refractivity contribution in [1.82, 2.24) is 9.88 Å². The number of hydrogen-bond acceptors (Lipinski definition) is 3. The molecule has 0 saturated carbocycles. The highest BCUT2D eigenvalue weighted by atomic mass is 19.1. The van der Waals surface area contributed by atoms with Crippen LogP contribution in [0, 0.1) is 19.7 Å². The molecule has 0 fully saturated rings. The summed E-state index contributed by atoms with van der Waals surface area (Å²) >= 11 is 0. The standard InChI is InChI=1S/C23H24FN3O3/c1-15-13-22(16(2)27(15)20-9-7-18(24)8-10-20)23(29)25-11-12-30-21-6-4-5-19(14-21)26-17(3)28/h4-10,13-14H,11-12H2,1-3H3,(H,25,29)(H,26,28). The lowest BCUT2D eigenvalue weighted by Crippen LogP contribution is -2.28. The molecule has 0 unspecified atom stereocenters. The van der Waals surface area contributed by atoms with Crippen molar-refractivity contribution in [3.05, 3.63) is 77.4 Å². The van der Waals surface area contributed by atoms with E-state index in [1.807, 2.05) is 24.5 Å². The Morgan fingerprint density at radius 3 is 2.50 bits per heavy atom. The summed E-state index contributed by atoms with van der Waals surface area (Å²) in [7, 11) is 0. The zero-order valence-electron chi connectivity index (χ0n) is 17.2. The quantitative estimate of drug-likeness (QED) is 0.580. The number of nitrogens with zero attached hydrogens (tertiary/aromatic N) is 1. The Kier molecular flexibility index (Phi) is 6.51. The van der Waals surface area contributed by atoms with E-state index in [1.165, 1.54) is 19.1 Å². The number of rotatable bonds is 7. The van der Waals surface area contributed by atoms with Gasteiger partial charge in [0.15, 0.2) is 0 Å². The van der Waals surface area contributed by atoms with Crippen LogP contribution in [0.25, 0.3) is 5.69 Å². The van der Waals surface area contributed by atoms with Crippen LogP contribution < -0.4 is 15.4 Å². The fourth-order valence-corrected chi connectivity index (χ4v) is 3.28.